The van der Waals surface area contributed by atoms with Crippen molar-refractivity contribution in [2.45, 2.75) is 12.5 Å². The third-order valence-electron chi connectivity index (χ3n) is 2.80. The van der Waals surface area contributed by atoms with E-state index in [1.165, 1.54) is 0 Å². The second kappa shape index (κ2) is 5.80. The van der Waals surface area contributed by atoms with Gasteiger partial charge in [-0.1, -0.05) is 54.1 Å². The highest BCUT2D eigenvalue weighted by molar-refractivity contribution is 6.30. The molecule has 0 fully saturated rings. The van der Waals surface area contributed by atoms with Crippen molar-refractivity contribution in [2.75, 3.05) is 0 Å². The van der Waals surface area contributed by atoms with Crippen molar-refractivity contribution in [3.8, 4) is 0 Å². The average molecular weight is 260 g/mol. The summed E-state index contributed by atoms with van der Waals surface area (Å²) in [6.07, 6.45) is 0.327. The molecule has 3 heteroatoms. The van der Waals surface area contributed by atoms with E-state index in [1.807, 2.05) is 42.5 Å². The van der Waals surface area contributed by atoms with Crippen LogP contribution in [-0.4, -0.2) is 5.78 Å². The van der Waals surface area contributed by atoms with Crippen molar-refractivity contribution in [2.24, 2.45) is 5.73 Å². The first kappa shape index (κ1) is 12.8. The summed E-state index contributed by atoms with van der Waals surface area (Å²) in [7, 11) is 0. The highest BCUT2D eigenvalue weighted by atomic mass is 35.5. The standard InChI is InChI=1S/C15H14ClNO/c16-13-8-6-11(7-9-13)10-14(18)15(17)12-4-2-1-3-5-12/h1-9,15H,10,17H2/t15-/m1/s1. The fourth-order valence-corrected chi connectivity index (χ4v) is 1.89. The number of hydrogen-bond acceptors (Lipinski definition) is 2. The molecule has 2 aromatic carbocycles. The second-order valence-corrected chi connectivity index (χ2v) is 4.59. The van der Waals surface area contributed by atoms with Crippen LogP contribution < -0.4 is 5.73 Å². The molecule has 92 valence electrons. The molecule has 18 heavy (non-hydrogen) atoms. The maximum atomic E-state index is 12.0. The van der Waals surface area contributed by atoms with Crippen LogP contribution in [0.25, 0.3) is 0 Å². The van der Waals surface area contributed by atoms with E-state index in [4.69, 9.17) is 17.3 Å². The van der Waals surface area contributed by atoms with E-state index in [2.05, 4.69) is 0 Å². The van der Waals surface area contributed by atoms with Gasteiger partial charge in [0.15, 0.2) is 5.78 Å². The lowest BCUT2D eigenvalue weighted by Crippen LogP contribution is -2.23. The van der Waals surface area contributed by atoms with Crippen LogP contribution in [0.4, 0.5) is 0 Å². The summed E-state index contributed by atoms with van der Waals surface area (Å²) in [4.78, 5) is 12.0. The van der Waals surface area contributed by atoms with Gasteiger partial charge in [-0.2, -0.15) is 0 Å². The van der Waals surface area contributed by atoms with Crippen LogP contribution in [0.1, 0.15) is 17.2 Å². The minimum atomic E-state index is -0.568. The van der Waals surface area contributed by atoms with Gasteiger partial charge in [-0.05, 0) is 23.3 Å². The smallest absolute Gasteiger partial charge is 0.158 e. The Kier molecular flexibility index (Phi) is 4.13. The first-order valence-corrected chi connectivity index (χ1v) is 6.12. The third kappa shape index (κ3) is 3.19. The van der Waals surface area contributed by atoms with E-state index in [9.17, 15) is 4.79 Å². The number of benzene rings is 2. The SMILES string of the molecule is N[C@@H](C(=O)Cc1ccc(Cl)cc1)c1ccccc1. The first-order chi connectivity index (χ1) is 8.66. The Morgan fingerprint density at radius 3 is 2.28 bits per heavy atom. The normalized spacial score (nSPS) is 12.1. The zero-order valence-electron chi connectivity index (χ0n) is 9.84. The van der Waals surface area contributed by atoms with Gasteiger partial charge in [-0.3, -0.25) is 4.79 Å². The van der Waals surface area contributed by atoms with Crippen LogP contribution in [-0.2, 0) is 11.2 Å². The minimum Gasteiger partial charge on any atom is -0.318 e. The van der Waals surface area contributed by atoms with Crippen LogP contribution in [0.5, 0.6) is 0 Å². The van der Waals surface area contributed by atoms with Crippen molar-refractivity contribution in [1.82, 2.24) is 0 Å². The highest BCUT2D eigenvalue weighted by Gasteiger charge is 2.15. The second-order valence-electron chi connectivity index (χ2n) is 4.16. The number of carbonyl (C=O) groups excluding carboxylic acids is 1. The maximum Gasteiger partial charge on any atom is 0.158 e. The van der Waals surface area contributed by atoms with Gasteiger partial charge in [0.25, 0.3) is 0 Å². The van der Waals surface area contributed by atoms with E-state index < -0.39 is 6.04 Å². The Morgan fingerprint density at radius 1 is 1.06 bits per heavy atom. The van der Waals surface area contributed by atoms with E-state index in [0.29, 0.717) is 11.4 Å². The molecule has 0 saturated carbocycles. The number of Topliss-reactive ketones (excluding diaryl/α,β-unsaturated/α-hetero) is 1. The molecule has 0 bridgehead atoms. The molecule has 0 aliphatic rings. The summed E-state index contributed by atoms with van der Waals surface area (Å²) in [5.41, 5.74) is 7.71. The van der Waals surface area contributed by atoms with Crippen molar-refractivity contribution in [3.05, 3.63) is 70.7 Å². The Bertz CT molecular complexity index is 522. The highest BCUT2D eigenvalue weighted by Crippen LogP contribution is 2.15. The summed E-state index contributed by atoms with van der Waals surface area (Å²) in [5.74, 6) is 0.00326. The van der Waals surface area contributed by atoms with Crippen molar-refractivity contribution < 1.29 is 4.79 Å². The molecule has 0 amide bonds. The van der Waals surface area contributed by atoms with Gasteiger partial charge in [-0.25, -0.2) is 0 Å². The summed E-state index contributed by atoms with van der Waals surface area (Å²) < 4.78 is 0. The van der Waals surface area contributed by atoms with Crippen molar-refractivity contribution in [1.29, 1.82) is 0 Å². The van der Waals surface area contributed by atoms with Crippen LogP contribution in [0, 0.1) is 0 Å². The molecule has 2 N–H and O–H groups in total. The fraction of sp³-hybridized carbons (Fsp3) is 0.133. The Labute approximate surface area is 111 Å². The Morgan fingerprint density at radius 2 is 1.67 bits per heavy atom. The van der Waals surface area contributed by atoms with Gasteiger partial charge < -0.3 is 5.73 Å². The van der Waals surface area contributed by atoms with Gasteiger partial charge >= 0.3 is 0 Å². The molecule has 2 aromatic rings. The van der Waals surface area contributed by atoms with E-state index in [-0.39, 0.29) is 5.78 Å². The molecule has 0 spiro atoms. The lowest BCUT2D eigenvalue weighted by molar-refractivity contribution is -0.119. The predicted octanol–water partition coefficient (Wildman–Crippen LogP) is 3.15. The number of ketones is 1. The maximum absolute atomic E-state index is 12.0. The summed E-state index contributed by atoms with van der Waals surface area (Å²) in [6.45, 7) is 0. The lowest BCUT2D eigenvalue weighted by Gasteiger charge is -2.10. The van der Waals surface area contributed by atoms with E-state index in [1.54, 1.807) is 12.1 Å². The molecule has 0 aliphatic carbocycles. The molecule has 2 rings (SSSR count). The third-order valence-corrected chi connectivity index (χ3v) is 3.05. The number of hydrogen-bond donors (Lipinski definition) is 1. The summed E-state index contributed by atoms with van der Waals surface area (Å²) in [5, 5.41) is 0.665. The lowest BCUT2D eigenvalue weighted by atomic mass is 9.98. The van der Waals surface area contributed by atoms with Gasteiger partial charge in [0.2, 0.25) is 0 Å². The number of halogens is 1. The molecule has 0 aromatic heterocycles. The molecule has 2 nitrogen and oxygen atoms in total. The average Bonchev–Trinajstić information content (AvgIpc) is 2.41. The molecular formula is C15H14ClNO. The fourth-order valence-electron chi connectivity index (χ4n) is 1.76. The van der Waals surface area contributed by atoms with Crippen LogP contribution >= 0.6 is 11.6 Å². The number of carbonyl (C=O) groups is 1. The largest absolute Gasteiger partial charge is 0.318 e. The van der Waals surface area contributed by atoms with Gasteiger partial charge in [-0.15, -0.1) is 0 Å². The zero-order chi connectivity index (χ0) is 13.0. The van der Waals surface area contributed by atoms with Crippen LogP contribution in [0.2, 0.25) is 5.02 Å². The Balaban J connectivity index is 2.06. The zero-order valence-corrected chi connectivity index (χ0v) is 10.6. The van der Waals surface area contributed by atoms with E-state index >= 15 is 0 Å². The molecule has 0 aliphatic heterocycles. The molecular weight excluding hydrogens is 246 g/mol. The van der Waals surface area contributed by atoms with Gasteiger partial charge in [0.1, 0.15) is 0 Å². The van der Waals surface area contributed by atoms with Crippen molar-refractivity contribution in [3.63, 3.8) is 0 Å². The Hall–Kier alpha value is -1.64. The van der Waals surface area contributed by atoms with Crippen LogP contribution in [0.3, 0.4) is 0 Å². The molecule has 1 atom stereocenters. The summed E-state index contributed by atoms with van der Waals surface area (Å²) >= 11 is 5.80. The van der Waals surface area contributed by atoms with Gasteiger partial charge in [0, 0.05) is 11.4 Å². The quantitative estimate of drug-likeness (QED) is 0.917. The predicted molar refractivity (Wildman–Crippen MR) is 73.5 cm³/mol. The van der Waals surface area contributed by atoms with Crippen molar-refractivity contribution >= 4 is 17.4 Å². The minimum absolute atomic E-state index is 0.00326. The number of nitrogens with two attached hydrogens (primary N) is 1. The van der Waals surface area contributed by atoms with E-state index in [0.717, 1.165) is 11.1 Å². The molecule has 0 heterocycles. The topological polar surface area (TPSA) is 43.1 Å². The monoisotopic (exact) mass is 259 g/mol. The molecule has 0 saturated heterocycles. The van der Waals surface area contributed by atoms with Gasteiger partial charge in [0.05, 0.1) is 6.04 Å². The summed E-state index contributed by atoms with van der Waals surface area (Å²) in [6, 6.07) is 16.1. The first-order valence-electron chi connectivity index (χ1n) is 5.74. The molecule has 0 radical (unpaired) electrons. The number of rotatable bonds is 4. The molecule has 0 unspecified atom stereocenters. The van der Waals surface area contributed by atoms with Crippen LogP contribution in [0.15, 0.2) is 54.6 Å².